The van der Waals surface area contributed by atoms with Crippen LogP contribution in [0.15, 0.2) is 60.7 Å². The topological polar surface area (TPSA) is 55.4 Å². The Hall–Kier alpha value is -3.09. The molecule has 0 radical (unpaired) electrons. The molecule has 2 aromatic rings. The van der Waals surface area contributed by atoms with E-state index in [9.17, 15) is 22.8 Å². The Labute approximate surface area is 148 Å². The summed E-state index contributed by atoms with van der Waals surface area (Å²) in [4.78, 5) is 23.7. The first kappa shape index (κ1) is 19.2. The molecule has 136 valence electrons. The normalized spacial score (nSPS) is 12.6. The first-order chi connectivity index (χ1) is 12.3. The monoisotopic (exact) mass is 363 g/mol. The van der Waals surface area contributed by atoms with Crippen LogP contribution >= 0.6 is 0 Å². The standard InChI is InChI=1S/C19H16F3NO3/c1-13(26-17(24)12-7-14-5-3-2-4-6-14)18(25)23-16-10-8-15(9-11-16)19(20,21)22/h2-13H,1H3,(H,23,25)/b12-7+/t13-/m0/s1. The van der Waals surface area contributed by atoms with Crippen molar-refractivity contribution in [3.8, 4) is 0 Å². The van der Waals surface area contributed by atoms with Gasteiger partial charge in [-0.2, -0.15) is 13.2 Å². The van der Waals surface area contributed by atoms with Crippen LogP contribution in [0.5, 0.6) is 0 Å². The molecule has 4 nitrogen and oxygen atoms in total. The predicted octanol–water partition coefficient (Wildman–Crippen LogP) is 4.29. The lowest BCUT2D eigenvalue weighted by Crippen LogP contribution is -2.29. The smallest absolute Gasteiger partial charge is 0.416 e. The van der Waals surface area contributed by atoms with Crippen LogP contribution in [0, 0.1) is 0 Å². The number of anilines is 1. The Bertz CT molecular complexity index is 784. The van der Waals surface area contributed by atoms with Gasteiger partial charge in [-0.15, -0.1) is 0 Å². The zero-order chi connectivity index (χ0) is 19.2. The highest BCUT2D eigenvalue weighted by molar-refractivity contribution is 5.96. The number of carbonyl (C=O) groups excluding carboxylic acids is 2. The molecule has 0 saturated carbocycles. The molecule has 0 saturated heterocycles. The van der Waals surface area contributed by atoms with E-state index in [0.717, 1.165) is 29.8 Å². The van der Waals surface area contributed by atoms with Gasteiger partial charge in [-0.3, -0.25) is 4.79 Å². The second-order valence-electron chi connectivity index (χ2n) is 5.39. The van der Waals surface area contributed by atoms with E-state index >= 15 is 0 Å². The van der Waals surface area contributed by atoms with Crippen LogP contribution in [0.25, 0.3) is 6.08 Å². The van der Waals surface area contributed by atoms with Crippen molar-refractivity contribution >= 4 is 23.6 Å². The molecule has 0 aliphatic rings. The molecule has 7 heteroatoms. The van der Waals surface area contributed by atoms with Gasteiger partial charge in [-0.05, 0) is 42.8 Å². The maximum absolute atomic E-state index is 12.5. The van der Waals surface area contributed by atoms with Gasteiger partial charge in [0.2, 0.25) is 0 Å². The largest absolute Gasteiger partial charge is 0.449 e. The van der Waals surface area contributed by atoms with E-state index in [1.54, 1.807) is 18.2 Å². The molecular weight excluding hydrogens is 347 g/mol. The summed E-state index contributed by atoms with van der Waals surface area (Å²) in [5, 5.41) is 2.39. The number of halogens is 3. The molecule has 0 aromatic heterocycles. The molecule has 0 fully saturated rings. The Kier molecular flexibility index (Phi) is 6.16. The van der Waals surface area contributed by atoms with Gasteiger partial charge in [0.15, 0.2) is 6.10 Å². The van der Waals surface area contributed by atoms with Gasteiger partial charge in [0.25, 0.3) is 5.91 Å². The van der Waals surface area contributed by atoms with Crippen LogP contribution in [0.4, 0.5) is 18.9 Å². The van der Waals surface area contributed by atoms with E-state index in [1.807, 2.05) is 18.2 Å². The van der Waals surface area contributed by atoms with Crippen molar-refractivity contribution in [1.82, 2.24) is 0 Å². The second-order valence-corrected chi connectivity index (χ2v) is 5.39. The van der Waals surface area contributed by atoms with Crippen LogP contribution in [0.3, 0.4) is 0 Å². The summed E-state index contributed by atoms with van der Waals surface area (Å²) in [6.45, 7) is 1.37. The molecule has 1 amide bonds. The van der Waals surface area contributed by atoms with Gasteiger partial charge in [-0.1, -0.05) is 30.3 Å². The summed E-state index contributed by atoms with van der Waals surface area (Å²) in [5.41, 5.74) is 0.151. The number of rotatable bonds is 5. The van der Waals surface area contributed by atoms with Crippen LogP contribution < -0.4 is 5.32 Å². The van der Waals surface area contributed by atoms with Gasteiger partial charge in [0.05, 0.1) is 5.56 Å². The summed E-state index contributed by atoms with van der Waals surface area (Å²) >= 11 is 0. The molecule has 0 aliphatic heterocycles. The third-order valence-electron chi connectivity index (χ3n) is 3.35. The van der Waals surface area contributed by atoms with E-state index in [2.05, 4.69) is 5.32 Å². The number of alkyl halides is 3. The van der Waals surface area contributed by atoms with Gasteiger partial charge in [-0.25, -0.2) is 4.79 Å². The predicted molar refractivity (Wildman–Crippen MR) is 91.1 cm³/mol. The SMILES string of the molecule is C[C@H](OC(=O)/C=C/c1ccccc1)C(=O)Nc1ccc(C(F)(F)F)cc1. The molecule has 0 spiro atoms. The number of carbonyl (C=O) groups is 2. The summed E-state index contributed by atoms with van der Waals surface area (Å²) in [5.74, 6) is -1.35. The van der Waals surface area contributed by atoms with Crippen LogP contribution in [-0.4, -0.2) is 18.0 Å². The average molecular weight is 363 g/mol. The minimum atomic E-state index is -4.45. The number of hydrogen-bond donors (Lipinski definition) is 1. The molecule has 0 heterocycles. The van der Waals surface area contributed by atoms with Gasteiger partial charge in [0, 0.05) is 11.8 Å². The molecule has 0 bridgehead atoms. The summed E-state index contributed by atoms with van der Waals surface area (Å²) in [6.07, 6.45) is -2.82. The van der Waals surface area contributed by atoms with Gasteiger partial charge in [0.1, 0.15) is 0 Å². The highest BCUT2D eigenvalue weighted by Gasteiger charge is 2.30. The lowest BCUT2D eigenvalue weighted by atomic mass is 10.2. The third-order valence-corrected chi connectivity index (χ3v) is 3.35. The highest BCUT2D eigenvalue weighted by Crippen LogP contribution is 2.29. The van der Waals surface area contributed by atoms with Crippen molar-refractivity contribution in [3.63, 3.8) is 0 Å². The summed E-state index contributed by atoms with van der Waals surface area (Å²) < 4.78 is 42.5. The van der Waals surface area contributed by atoms with Crippen LogP contribution in [0.2, 0.25) is 0 Å². The second kappa shape index (κ2) is 8.33. The Morgan fingerprint density at radius 1 is 1.04 bits per heavy atom. The fraction of sp³-hybridized carbons (Fsp3) is 0.158. The van der Waals surface area contributed by atoms with Crippen LogP contribution in [-0.2, 0) is 20.5 Å². The van der Waals surface area contributed by atoms with E-state index in [-0.39, 0.29) is 5.69 Å². The lowest BCUT2D eigenvalue weighted by Gasteiger charge is -2.13. The Balaban J connectivity index is 1.89. The number of amides is 1. The van der Waals surface area contributed by atoms with Crippen molar-refractivity contribution in [2.24, 2.45) is 0 Å². The molecule has 2 aromatic carbocycles. The number of nitrogens with one attached hydrogen (secondary N) is 1. The third kappa shape index (κ3) is 5.77. The molecule has 2 rings (SSSR count). The first-order valence-corrected chi connectivity index (χ1v) is 7.67. The number of hydrogen-bond acceptors (Lipinski definition) is 3. The van der Waals surface area contributed by atoms with Crippen molar-refractivity contribution in [1.29, 1.82) is 0 Å². The molecular formula is C19H16F3NO3. The maximum Gasteiger partial charge on any atom is 0.416 e. The van der Waals surface area contributed by atoms with E-state index in [0.29, 0.717) is 0 Å². The van der Waals surface area contributed by atoms with E-state index < -0.39 is 29.7 Å². The zero-order valence-corrected chi connectivity index (χ0v) is 13.8. The van der Waals surface area contributed by atoms with Crippen LogP contribution in [0.1, 0.15) is 18.1 Å². The minimum Gasteiger partial charge on any atom is -0.449 e. The Morgan fingerprint density at radius 3 is 2.23 bits per heavy atom. The number of ether oxygens (including phenoxy) is 1. The number of esters is 1. The van der Waals surface area contributed by atoms with Crippen molar-refractivity contribution in [2.75, 3.05) is 5.32 Å². The summed E-state index contributed by atoms with van der Waals surface area (Å²) in [7, 11) is 0. The zero-order valence-electron chi connectivity index (χ0n) is 13.8. The van der Waals surface area contributed by atoms with E-state index in [1.165, 1.54) is 13.0 Å². The first-order valence-electron chi connectivity index (χ1n) is 7.67. The lowest BCUT2D eigenvalue weighted by molar-refractivity contribution is -0.148. The fourth-order valence-corrected chi connectivity index (χ4v) is 1.98. The molecule has 0 unspecified atom stereocenters. The quantitative estimate of drug-likeness (QED) is 0.637. The molecule has 1 N–H and O–H groups in total. The molecule has 1 atom stereocenters. The van der Waals surface area contributed by atoms with Gasteiger partial charge < -0.3 is 10.1 Å². The molecule has 0 aliphatic carbocycles. The Morgan fingerprint density at radius 2 is 1.65 bits per heavy atom. The molecule has 26 heavy (non-hydrogen) atoms. The summed E-state index contributed by atoms with van der Waals surface area (Å²) in [6, 6.07) is 13.0. The average Bonchev–Trinajstić information content (AvgIpc) is 2.60. The van der Waals surface area contributed by atoms with Crippen molar-refractivity contribution in [2.45, 2.75) is 19.2 Å². The highest BCUT2D eigenvalue weighted by atomic mass is 19.4. The van der Waals surface area contributed by atoms with Gasteiger partial charge >= 0.3 is 12.1 Å². The minimum absolute atomic E-state index is 0.172. The number of benzene rings is 2. The van der Waals surface area contributed by atoms with Crippen molar-refractivity contribution < 1.29 is 27.5 Å². The van der Waals surface area contributed by atoms with Crippen molar-refractivity contribution in [3.05, 3.63) is 71.8 Å². The fourth-order valence-electron chi connectivity index (χ4n) is 1.98. The maximum atomic E-state index is 12.5. The van der Waals surface area contributed by atoms with E-state index in [4.69, 9.17) is 4.74 Å².